The lowest BCUT2D eigenvalue weighted by molar-refractivity contribution is -0.0862. The Bertz CT molecular complexity index is 1670. The van der Waals surface area contributed by atoms with Gasteiger partial charge in [-0.2, -0.15) is 0 Å². The van der Waals surface area contributed by atoms with Gasteiger partial charge in [0.05, 0.1) is 16.9 Å². The van der Waals surface area contributed by atoms with Crippen molar-refractivity contribution in [2.75, 3.05) is 36.5 Å². The van der Waals surface area contributed by atoms with E-state index in [0.717, 1.165) is 37.8 Å². The van der Waals surface area contributed by atoms with Crippen LogP contribution in [-0.2, 0) is 22.3 Å². The van der Waals surface area contributed by atoms with Crippen LogP contribution in [0.5, 0.6) is 0 Å². The molecule has 2 fully saturated rings. The highest BCUT2D eigenvalue weighted by atomic mass is 32.2. The molecular formula is C34H45F2N5O3S. The molecule has 8 nitrogen and oxygen atoms in total. The second-order valence-corrected chi connectivity index (χ2v) is 15.9. The fraction of sp³-hybridized carbons (Fsp3) is 0.618. The van der Waals surface area contributed by atoms with Crippen molar-refractivity contribution in [2.24, 2.45) is 11.8 Å². The van der Waals surface area contributed by atoms with E-state index in [1.807, 2.05) is 19.1 Å². The molecule has 7 rings (SSSR count). The van der Waals surface area contributed by atoms with E-state index in [1.165, 1.54) is 12.4 Å². The molecule has 2 saturated heterocycles. The second kappa shape index (κ2) is 13.1. The Morgan fingerprint density at radius 1 is 0.933 bits per heavy atom. The van der Waals surface area contributed by atoms with Gasteiger partial charge in [0.1, 0.15) is 27.6 Å². The van der Waals surface area contributed by atoms with Crippen molar-refractivity contribution < 1.29 is 17.2 Å². The first kappa shape index (κ1) is 32.0. The molecule has 3 aromatic rings. The Morgan fingerprint density at radius 2 is 1.69 bits per heavy atom. The number of sulfone groups is 1. The summed E-state index contributed by atoms with van der Waals surface area (Å²) in [5.74, 6) is -2.65. The summed E-state index contributed by atoms with van der Waals surface area (Å²) in [6.07, 6.45) is 7.07. The second-order valence-electron chi connectivity index (χ2n) is 13.6. The van der Waals surface area contributed by atoms with Gasteiger partial charge in [0.25, 0.3) is 11.5 Å². The fourth-order valence-electron chi connectivity index (χ4n) is 7.51. The number of pyridine rings is 1. The van der Waals surface area contributed by atoms with E-state index in [9.17, 15) is 13.2 Å². The summed E-state index contributed by atoms with van der Waals surface area (Å²) in [7, 11) is -3.09. The van der Waals surface area contributed by atoms with Crippen LogP contribution in [0.15, 0.2) is 41.5 Å². The third kappa shape index (κ3) is 6.94. The predicted molar refractivity (Wildman–Crippen MR) is 174 cm³/mol. The normalized spacial score (nSPS) is 27.9. The zero-order valence-electron chi connectivity index (χ0n) is 26.4. The molecular weight excluding hydrogens is 596 g/mol. The van der Waals surface area contributed by atoms with Gasteiger partial charge in [-0.25, -0.2) is 27.2 Å². The fourth-order valence-corrected chi connectivity index (χ4v) is 9.00. The van der Waals surface area contributed by atoms with Crippen molar-refractivity contribution in [3.63, 3.8) is 0 Å². The number of aromatic nitrogens is 3. The summed E-state index contributed by atoms with van der Waals surface area (Å²) < 4.78 is 57.9. The Labute approximate surface area is 264 Å². The number of rotatable bonds is 1. The highest BCUT2D eigenvalue weighted by molar-refractivity contribution is 7.91. The number of hydrogen-bond donors (Lipinski definition) is 1. The summed E-state index contributed by atoms with van der Waals surface area (Å²) in [4.78, 5) is 25.4. The van der Waals surface area contributed by atoms with Gasteiger partial charge in [0.2, 0.25) is 0 Å². The maximum Gasteiger partial charge on any atom is 0.276 e. The van der Waals surface area contributed by atoms with Gasteiger partial charge < -0.3 is 10.2 Å². The molecule has 45 heavy (non-hydrogen) atoms. The van der Waals surface area contributed by atoms with Crippen LogP contribution < -0.4 is 10.9 Å². The number of anilines is 1. The van der Waals surface area contributed by atoms with E-state index in [-0.39, 0.29) is 34.6 Å². The minimum absolute atomic E-state index is 0.0438. The highest BCUT2D eigenvalue weighted by Crippen LogP contribution is 2.42. The number of fused-ring (bicyclic) bond motifs is 9. The zero-order valence-corrected chi connectivity index (χ0v) is 27.2. The number of hydrogen-bond acceptors (Lipinski definition) is 7. The van der Waals surface area contributed by atoms with E-state index in [0.29, 0.717) is 73.7 Å². The average Bonchev–Trinajstić information content (AvgIpc) is 3.02. The van der Waals surface area contributed by atoms with Crippen molar-refractivity contribution in [1.29, 1.82) is 0 Å². The van der Waals surface area contributed by atoms with Crippen LogP contribution in [0.1, 0.15) is 93.9 Å². The van der Waals surface area contributed by atoms with Crippen LogP contribution in [0.2, 0.25) is 0 Å². The summed E-state index contributed by atoms with van der Waals surface area (Å²) in [5, 5.41) is 4.11. The van der Waals surface area contributed by atoms with E-state index < -0.39 is 21.7 Å². The Balaban J connectivity index is 1.39. The van der Waals surface area contributed by atoms with Crippen LogP contribution in [-0.4, -0.2) is 59.0 Å². The van der Waals surface area contributed by atoms with Crippen molar-refractivity contribution >= 4 is 26.7 Å². The number of nitrogens with zero attached hydrogens (tertiary/aromatic N) is 4. The molecule has 1 unspecified atom stereocenters. The molecule has 0 aliphatic carbocycles. The molecule has 2 atom stereocenters. The number of piperidine rings is 1. The zero-order chi connectivity index (χ0) is 31.8. The van der Waals surface area contributed by atoms with Crippen molar-refractivity contribution in [3.8, 4) is 0 Å². The summed E-state index contributed by atoms with van der Waals surface area (Å²) in [6, 6.07) is 8.19. The number of benzene rings is 1. The lowest BCUT2D eigenvalue weighted by Gasteiger charge is -2.37. The Morgan fingerprint density at radius 3 is 2.44 bits per heavy atom. The first-order valence-electron chi connectivity index (χ1n) is 16.6. The van der Waals surface area contributed by atoms with Crippen LogP contribution >= 0.6 is 0 Å². The van der Waals surface area contributed by atoms with Gasteiger partial charge in [-0.1, -0.05) is 38.0 Å². The van der Waals surface area contributed by atoms with Gasteiger partial charge in [-0.05, 0) is 88.1 Å². The van der Waals surface area contributed by atoms with Gasteiger partial charge in [0.15, 0.2) is 0 Å². The highest BCUT2D eigenvalue weighted by Gasteiger charge is 2.43. The van der Waals surface area contributed by atoms with Crippen LogP contribution in [0, 0.1) is 11.8 Å². The molecule has 0 spiro atoms. The van der Waals surface area contributed by atoms with E-state index in [1.54, 1.807) is 16.7 Å². The lowest BCUT2D eigenvalue weighted by Crippen LogP contribution is -2.41. The minimum atomic E-state index is -3.09. The summed E-state index contributed by atoms with van der Waals surface area (Å²) >= 11 is 0. The molecule has 6 heterocycles. The molecule has 11 heteroatoms. The molecule has 0 saturated carbocycles. The number of aryl methyl sites for hydroxylation is 1. The SMILES string of the molecule is CC1CCCCCn2c(=O)c(C3CCS(=O)(=O)CC3)cc3c(ncnc32)N[C@H](C)c2cccc(c2)C(F)(F)C2CCN(CC2)C1. The molecule has 4 aliphatic heterocycles. The van der Waals surface area contributed by atoms with Crippen molar-refractivity contribution in [2.45, 2.75) is 89.6 Å². The molecule has 4 aliphatic rings. The van der Waals surface area contributed by atoms with Gasteiger partial charge >= 0.3 is 0 Å². The number of halogens is 2. The number of nitrogens with one attached hydrogen (secondary N) is 1. The predicted octanol–water partition coefficient (Wildman–Crippen LogP) is 6.27. The molecule has 1 aromatic carbocycles. The molecule has 0 amide bonds. The smallest absolute Gasteiger partial charge is 0.276 e. The largest absolute Gasteiger partial charge is 0.363 e. The van der Waals surface area contributed by atoms with Crippen molar-refractivity contribution in [1.82, 2.24) is 19.4 Å². The molecule has 8 bridgehead atoms. The summed E-state index contributed by atoms with van der Waals surface area (Å²) in [5.41, 5.74) is 1.78. The Hall–Kier alpha value is -2.92. The minimum Gasteiger partial charge on any atom is -0.363 e. The first-order valence-corrected chi connectivity index (χ1v) is 18.4. The van der Waals surface area contributed by atoms with Crippen LogP contribution in [0.4, 0.5) is 14.6 Å². The molecule has 1 N–H and O–H groups in total. The van der Waals surface area contributed by atoms with E-state index in [2.05, 4.69) is 27.1 Å². The number of alkyl halides is 2. The van der Waals surface area contributed by atoms with Gasteiger partial charge in [-0.3, -0.25) is 9.36 Å². The molecule has 2 aromatic heterocycles. The third-order valence-corrected chi connectivity index (χ3v) is 12.0. The summed E-state index contributed by atoms with van der Waals surface area (Å²) in [6.45, 7) is 6.97. The molecule has 0 radical (unpaired) electrons. The maximum absolute atomic E-state index is 15.9. The monoisotopic (exact) mass is 641 g/mol. The first-order chi connectivity index (χ1) is 21.5. The van der Waals surface area contributed by atoms with Crippen LogP contribution in [0.25, 0.3) is 11.0 Å². The lowest BCUT2D eigenvalue weighted by atomic mass is 9.85. The van der Waals surface area contributed by atoms with Gasteiger partial charge in [0, 0.05) is 36.2 Å². The quantitative estimate of drug-likeness (QED) is 0.335. The average molecular weight is 642 g/mol. The molecule has 244 valence electrons. The third-order valence-electron chi connectivity index (χ3n) is 10.3. The Kier molecular flexibility index (Phi) is 9.30. The van der Waals surface area contributed by atoms with E-state index in [4.69, 9.17) is 0 Å². The van der Waals surface area contributed by atoms with Crippen molar-refractivity contribution in [3.05, 3.63) is 63.7 Å². The van der Waals surface area contributed by atoms with Gasteiger partial charge in [-0.15, -0.1) is 0 Å². The van der Waals surface area contributed by atoms with Crippen LogP contribution in [0.3, 0.4) is 0 Å². The topological polar surface area (TPSA) is 97.2 Å². The standard InChI is InChI=1S/C34H45F2N5O3S/c1-23-7-4-3-5-14-41-32-30(20-29(33(41)42)25-12-17-45(43,44)18-13-25)31(37-22-38-32)39-24(2)26-8-6-9-28(19-26)34(35,36)27-10-15-40(21-23)16-11-27/h6,8-9,19-20,22-25,27H,3-5,7,10-18,21H2,1-2H3,(H,37,38,39)/t23?,24-/m1/s1. The van der Waals surface area contributed by atoms with E-state index >= 15 is 8.78 Å². The maximum atomic E-state index is 15.9.